The lowest BCUT2D eigenvalue weighted by Gasteiger charge is -2.27. The largest absolute Gasteiger partial charge is 0.398 e. The molecular weight excluding hydrogens is 268 g/mol. The molecule has 7 heteroatoms. The highest BCUT2D eigenvalue weighted by atomic mass is 16.4. The molecular formula is C13H11N3O4. The van der Waals surface area contributed by atoms with Crippen LogP contribution in [0.3, 0.4) is 0 Å². The van der Waals surface area contributed by atoms with Gasteiger partial charge in [-0.15, -0.1) is 0 Å². The van der Waals surface area contributed by atoms with E-state index in [0.29, 0.717) is 0 Å². The summed E-state index contributed by atoms with van der Waals surface area (Å²) in [6.45, 7) is 0. The van der Waals surface area contributed by atoms with Crippen LogP contribution in [0, 0.1) is 0 Å². The van der Waals surface area contributed by atoms with Crippen LogP contribution >= 0.6 is 0 Å². The van der Waals surface area contributed by atoms with Gasteiger partial charge >= 0.3 is 0 Å². The number of nitrogen functional groups attached to an aromatic ring is 1. The van der Waals surface area contributed by atoms with Gasteiger partial charge in [0.05, 0.1) is 11.1 Å². The molecule has 1 saturated heterocycles. The van der Waals surface area contributed by atoms with Crippen molar-refractivity contribution in [2.75, 3.05) is 5.73 Å². The maximum Gasteiger partial charge on any atom is 0.264 e. The Balaban J connectivity index is 2.00. The number of imide groups is 2. The van der Waals surface area contributed by atoms with Crippen LogP contribution in [0.15, 0.2) is 18.2 Å². The Labute approximate surface area is 113 Å². The Bertz CT molecular complexity index is 668. The first-order valence-corrected chi connectivity index (χ1v) is 6.11. The van der Waals surface area contributed by atoms with Crippen LogP contribution in [-0.2, 0) is 9.59 Å². The number of amides is 4. The van der Waals surface area contributed by atoms with E-state index in [4.69, 9.17) is 5.73 Å². The topological polar surface area (TPSA) is 110 Å². The molecule has 1 aromatic rings. The molecule has 4 amide bonds. The van der Waals surface area contributed by atoms with E-state index in [1.54, 1.807) is 6.07 Å². The molecule has 1 unspecified atom stereocenters. The summed E-state index contributed by atoms with van der Waals surface area (Å²) >= 11 is 0. The van der Waals surface area contributed by atoms with Crippen LogP contribution in [0.25, 0.3) is 0 Å². The molecule has 0 aromatic heterocycles. The molecule has 2 aliphatic heterocycles. The fourth-order valence-electron chi connectivity index (χ4n) is 2.54. The molecule has 1 aromatic carbocycles. The van der Waals surface area contributed by atoms with Gasteiger partial charge in [0.15, 0.2) is 0 Å². The number of carbonyl (C=O) groups is 4. The highest BCUT2D eigenvalue weighted by molar-refractivity contribution is 6.25. The SMILES string of the molecule is Nc1cccc2c1C(=O)N([13CH]1[13CH2][13CH2][13C](=O)[15NH][13C]1=O)C2=O. The number of hydrogen-bond acceptors (Lipinski definition) is 5. The molecule has 3 rings (SSSR count). The highest BCUT2D eigenvalue weighted by Crippen LogP contribution is 2.30. The molecule has 0 bridgehead atoms. The molecule has 0 saturated carbocycles. The van der Waals surface area contributed by atoms with Gasteiger partial charge in [-0.1, -0.05) is 6.07 Å². The zero-order valence-corrected chi connectivity index (χ0v) is 10.4. The highest BCUT2D eigenvalue weighted by Gasteiger charge is 2.45. The lowest BCUT2D eigenvalue weighted by molar-refractivity contribution is -0.136. The smallest absolute Gasteiger partial charge is 0.264 e. The zero-order valence-electron chi connectivity index (χ0n) is 10.4. The van der Waals surface area contributed by atoms with Crippen LogP contribution < -0.4 is 11.1 Å². The quantitative estimate of drug-likeness (QED) is 0.316. The van der Waals surface area contributed by atoms with Gasteiger partial charge in [0.25, 0.3) is 11.8 Å². The number of nitrogens with two attached hydrogens (primary N) is 1. The minimum absolute atomic E-state index is 0.0965. The Morgan fingerprint density at radius 3 is 2.55 bits per heavy atom. The van der Waals surface area contributed by atoms with E-state index in [1.165, 1.54) is 12.1 Å². The molecule has 3 N–H and O–H groups in total. The Morgan fingerprint density at radius 2 is 1.90 bits per heavy atom. The lowest BCUT2D eigenvalue weighted by atomic mass is 10.1. The van der Waals surface area contributed by atoms with Crippen molar-refractivity contribution in [1.82, 2.24) is 10.2 Å². The van der Waals surface area contributed by atoms with Gasteiger partial charge in [-0.25, -0.2) is 0 Å². The van der Waals surface area contributed by atoms with Gasteiger partial charge in [0.2, 0.25) is 11.8 Å². The predicted molar refractivity (Wildman–Crippen MR) is 67.5 cm³/mol. The molecule has 102 valence electrons. The van der Waals surface area contributed by atoms with Crippen LogP contribution in [0.1, 0.15) is 33.6 Å². The monoisotopic (exact) mass is 279 g/mol. The van der Waals surface area contributed by atoms with Crippen molar-refractivity contribution in [1.29, 1.82) is 0 Å². The van der Waals surface area contributed by atoms with Gasteiger partial charge in [0.1, 0.15) is 6.04 Å². The molecule has 7 nitrogen and oxygen atoms in total. The molecule has 0 radical (unpaired) electrons. The molecule has 0 aliphatic carbocycles. The van der Waals surface area contributed by atoms with Crippen LogP contribution in [0.2, 0.25) is 0 Å². The van der Waals surface area contributed by atoms with Crippen molar-refractivity contribution in [3.63, 3.8) is 0 Å². The van der Waals surface area contributed by atoms with E-state index in [2.05, 4.69) is 5.32 Å². The van der Waals surface area contributed by atoms with E-state index in [-0.39, 0.29) is 29.7 Å². The standard InChI is InChI=1S/C13H11N3O4/c14-7-3-1-2-6-10(7)13(20)16(12(6)19)8-4-5-9(17)15-11(8)18/h1-3,8H,4-5,14H2,(H,15,17,18)/i4+1,5+1,8+1,9+1,11+1,15+1. The van der Waals surface area contributed by atoms with Gasteiger partial charge in [0, 0.05) is 12.1 Å². The van der Waals surface area contributed by atoms with Gasteiger partial charge in [-0.3, -0.25) is 29.4 Å². The number of anilines is 1. The van der Waals surface area contributed by atoms with E-state index in [9.17, 15) is 19.2 Å². The second kappa shape index (κ2) is 4.16. The number of fused-ring (bicyclic) bond motifs is 1. The maximum absolute atomic E-state index is 12.3. The molecule has 1 atom stereocenters. The normalized spacial score (nSPS) is 22.0. The molecule has 0 spiro atoms. The van der Waals surface area contributed by atoms with Crippen molar-refractivity contribution in [3.05, 3.63) is 29.3 Å². The van der Waals surface area contributed by atoms with Gasteiger partial charge in [-0.05, 0) is 18.6 Å². The van der Waals surface area contributed by atoms with E-state index < -0.39 is 29.7 Å². The summed E-state index contributed by atoms with van der Waals surface area (Å²) in [5.41, 5.74) is 6.24. The fourth-order valence-corrected chi connectivity index (χ4v) is 2.54. The third-order valence-corrected chi connectivity index (χ3v) is 3.50. The van der Waals surface area contributed by atoms with Crippen molar-refractivity contribution in [3.8, 4) is 0 Å². The Morgan fingerprint density at radius 1 is 1.15 bits per heavy atom. The van der Waals surface area contributed by atoms with E-state index >= 15 is 0 Å². The summed E-state index contributed by atoms with van der Waals surface area (Å²) in [6.07, 6.45) is 0.231. The first-order chi connectivity index (χ1) is 9.50. The van der Waals surface area contributed by atoms with Crippen molar-refractivity contribution < 1.29 is 19.2 Å². The molecule has 2 aliphatic rings. The summed E-state index contributed by atoms with van der Waals surface area (Å²) in [5.74, 6) is -2.17. The van der Waals surface area contributed by atoms with Gasteiger partial charge < -0.3 is 5.73 Å². The van der Waals surface area contributed by atoms with Crippen molar-refractivity contribution in [2.24, 2.45) is 0 Å². The third kappa shape index (κ3) is 1.59. The first-order valence-electron chi connectivity index (χ1n) is 6.11. The fraction of sp³-hybridized carbons (Fsp3) is 0.231. The second-order valence-electron chi connectivity index (χ2n) is 4.72. The maximum atomic E-state index is 12.3. The average molecular weight is 279 g/mol. The van der Waals surface area contributed by atoms with Crippen LogP contribution in [0.5, 0.6) is 0 Å². The molecule has 20 heavy (non-hydrogen) atoms. The minimum Gasteiger partial charge on any atom is -0.398 e. The number of piperidine rings is 1. The summed E-state index contributed by atoms with van der Waals surface area (Å²) in [6, 6.07) is 3.64. The lowest BCUT2D eigenvalue weighted by Crippen LogP contribution is -2.54. The number of carbonyl (C=O) groups excluding carboxylic acids is 4. The number of benzene rings is 1. The molecule has 1 fully saturated rings. The van der Waals surface area contributed by atoms with E-state index in [1.807, 2.05) is 0 Å². The van der Waals surface area contributed by atoms with Crippen molar-refractivity contribution in [2.45, 2.75) is 18.9 Å². The average Bonchev–Trinajstić information content (AvgIpc) is 2.64. The summed E-state index contributed by atoms with van der Waals surface area (Å²) in [4.78, 5) is 48.4. The Kier molecular flexibility index (Phi) is 2.56. The van der Waals surface area contributed by atoms with Gasteiger partial charge in [-0.2, -0.15) is 0 Å². The first kappa shape index (κ1) is 12.3. The summed E-state index contributed by atoms with van der Waals surface area (Å²) < 4.78 is 0. The number of nitrogens with zero attached hydrogens (tertiary/aromatic N) is 1. The van der Waals surface area contributed by atoms with Crippen LogP contribution in [0.4, 0.5) is 5.69 Å². The van der Waals surface area contributed by atoms with E-state index in [0.717, 1.165) is 4.90 Å². The number of rotatable bonds is 1. The van der Waals surface area contributed by atoms with Crippen LogP contribution in [-0.4, -0.2) is 34.6 Å². The number of hydrogen-bond donors (Lipinski definition) is 2. The zero-order chi connectivity index (χ0) is 14.4. The van der Waals surface area contributed by atoms with Crippen molar-refractivity contribution >= 4 is 29.3 Å². The minimum atomic E-state index is -0.959. The summed E-state index contributed by atoms with van der Waals surface area (Å²) in [7, 11) is 0. The Hall–Kier alpha value is -2.70. The summed E-state index contributed by atoms with van der Waals surface area (Å²) in [5, 5.41) is 2.13. The molecule has 2 heterocycles. The number of nitrogens with one attached hydrogen (secondary N) is 1. The second-order valence-corrected chi connectivity index (χ2v) is 4.72. The predicted octanol–water partition coefficient (Wildman–Crippen LogP) is -0.330. The third-order valence-electron chi connectivity index (χ3n) is 3.50.